The minimum Gasteiger partial charge on any atom is -0.325 e. The zero-order chi connectivity index (χ0) is 17.9. The maximum Gasteiger partial charge on any atom is 0.242 e. The van der Waals surface area contributed by atoms with Crippen LogP contribution in [0.5, 0.6) is 0 Å². The van der Waals surface area contributed by atoms with Crippen LogP contribution >= 0.6 is 0 Å². The lowest BCUT2D eigenvalue weighted by atomic mass is 10.0. The number of anilines is 2. The van der Waals surface area contributed by atoms with Crippen LogP contribution < -0.4 is 10.2 Å². The van der Waals surface area contributed by atoms with E-state index in [1.165, 1.54) is 5.56 Å². The van der Waals surface area contributed by atoms with Gasteiger partial charge < -0.3 is 10.2 Å². The average molecular weight is 336 g/mol. The van der Waals surface area contributed by atoms with Gasteiger partial charge in [-0.2, -0.15) is 0 Å². The van der Waals surface area contributed by atoms with Gasteiger partial charge in [-0.3, -0.25) is 9.59 Å². The smallest absolute Gasteiger partial charge is 0.242 e. The van der Waals surface area contributed by atoms with Crippen LogP contribution in [0.1, 0.15) is 32.3 Å². The molecule has 1 aliphatic carbocycles. The van der Waals surface area contributed by atoms with Gasteiger partial charge in [-0.25, -0.2) is 0 Å². The summed E-state index contributed by atoms with van der Waals surface area (Å²) in [6.45, 7) is 4.57. The molecule has 4 nitrogen and oxygen atoms in total. The summed E-state index contributed by atoms with van der Waals surface area (Å²) in [6.07, 6.45) is 2.17. The molecule has 0 atom stereocenters. The van der Waals surface area contributed by atoms with E-state index in [2.05, 4.69) is 12.2 Å². The van der Waals surface area contributed by atoms with Gasteiger partial charge in [0.05, 0.1) is 0 Å². The fraction of sp³-hybridized carbons (Fsp3) is 0.333. The van der Waals surface area contributed by atoms with Crippen molar-refractivity contribution in [3.8, 4) is 0 Å². The number of aryl methyl sites for hydroxylation is 1. The van der Waals surface area contributed by atoms with E-state index in [0.717, 1.165) is 17.8 Å². The quantitative estimate of drug-likeness (QED) is 0.810. The molecule has 25 heavy (non-hydrogen) atoms. The van der Waals surface area contributed by atoms with Crippen molar-refractivity contribution in [1.82, 2.24) is 0 Å². The molecule has 2 aromatic carbocycles. The number of hydrogen-bond donors (Lipinski definition) is 1. The number of rotatable bonds is 6. The minimum atomic E-state index is -0.921. The van der Waals surface area contributed by atoms with Gasteiger partial charge in [0, 0.05) is 17.9 Å². The Morgan fingerprint density at radius 2 is 1.64 bits per heavy atom. The molecule has 2 amide bonds. The maximum atomic E-state index is 13.1. The molecule has 0 heterocycles. The van der Waals surface area contributed by atoms with Crippen molar-refractivity contribution >= 4 is 23.2 Å². The van der Waals surface area contributed by atoms with Gasteiger partial charge in [-0.05, 0) is 56.0 Å². The molecule has 1 fully saturated rings. The first-order valence-corrected chi connectivity index (χ1v) is 8.88. The molecular weight excluding hydrogens is 312 g/mol. The molecule has 1 aliphatic rings. The molecule has 0 saturated heterocycles. The monoisotopic (exact) mass is 336 g/mol. The predicted molar refractivity (Wildman–Crippen MR) is 101 cm³/mol. The number of carbonyl (C=O) groups excluding carboxylic acids is 2. The van der Waals surface area contributed by atoms with Crippen molar-refractivity contribution < 1.29 is 9.59 Å². The van der Waals surface area contributed by atoms with Crippen molar-refractivity contribution in [2.45, 2.75) is 33.1 Å². The van der Waals surface area contributed by atoms with Gasteiger partial charge in [0.2, 0.25) is 11.8 Å². The Bertz CT molecular complexity index is 749. The molecule has 0 bridgehead atoms. The second kappa shape index (κ2) is 7.09. The maximum absolute atomic E-state index is 13.1. The standard InChI is InChI=1S/C21H24N2O2/c1-3-16-10-12-17(13-11-16)22-19(24)21(14-15-21)20(25)23(4-2)18-8-6-5-7-9-18/h5-13H,3-4,14-15H2,1-2H3,(H,22,24). The topological polar surface area (TPSA) is 49.4 Å². The molecule has 0 unspecified atom stereocenters. The number of nitrogens with one attached hydrogen (secondary N) is 1. The second-order valence-corrected chi connectivity index (χ2v) is 6.47. The summed E-state index contributed by atoms with van der Waals surface area (Å²) in [5.74, 6) is -0.306. The Morgan fingerprint density at radius 1 is 1.00 bits per heavy atom. The Kier molecular flexibility index (Phi) is 4.88. The van der Waals surface area contributed by atoms with Gasteiger partial charge in [0.1, 0.15) is 5.41 Å². The Labute approximate surface area is 148 Å². The zero-order valence-corrected chi connectivity index (χ0v) is 14.8. The van der Waals surface area contributed by atoms with Crippen LogP contribution in [0.2, 0.25) is 0 Å². The molecule has 0 radical (unpaired) electrons. The molecule has 1 N–H and O–H groups in total. The highest BCUT2D eigenvalue weighted by Crippen LogP contribution is 2.48. The largest absolute Gasteiger partial charge is 0.325 e. The zero-order valence-electron chi connectivity index (χ0n) is 14.8. The first-order valence-electron chi connectivity index (χ1n) is 8.88. The second-order valence-electron chi connectivity index (χ2n) is 6.47. The predicted octanol–water partition coefficient (Wildman–Crippen LogP) is 4.02. The minimum absolute atomic E-state index is 0.108. The molecule has 0 aromatic heterocycles. The lowest BCUT2D eigenvalue weighted by Gasteiger charge is -2.26. The van der Waals surface area contributed by atoms with Crippen LogP contribution in [-0.2, 0) is 16.0 Å². The van der Waals surface area contributed by atoms with Gasteiger partial charge >= 0.3 is 0 Å². The van der Waals surface area contributed by atoms with E-state index in [1.54, 1.807) is 4.90 Å². The summed E-state index contributed by atoms with van der Waals surface area (Å²) in [7, 11) is 0. The van der Waals surface area contributed by atoms with Crippen LogP contribution in [0.25, 0.3) is 0 Å². The van der Waals surface area contributed by atoms with E-state index in [1.807, 2.05) is 61.5 Å². The van der Waals surface area contributed by atoms with Gasteiger partial charge in [0.25, 0.3) is 0 Å². The van der Waals surface area contributed by atoms with Crippen molar-refractivity contribution in [2.75, 3.05) is 16.8 Å². The number of nitrogens with zero attached hydrogens (tertiary/aromatic N) is 1. The number of amides is 2. The summed E-state index contributed by atoms with van der Waals surface area (Å²) < 4.78 is 0. The van der Waals surface area contributed by atoms with Crippen LogP contribution in [0.3, 0.4) is 0 Å². The SMILES string of the molecule is CCc1ccc(NC(=O)C2(C(=O)N(CC)c3ccccc3)CC2)cc1. The molecule has 1 saturated carbocycles. The van der Waals surface area contributed by atoms with Crippen LogP contribution in [0, 0.1) is 5.41 Å². The lowest BCUT2D eigenvalue weighted by Crippen LogP contribution is -2.43. The summed E-state index contributed by atoms with van der Waals surface area (Å²) in [4.78, 5) is 27.5. The van der Waals surface area contributed by atoms with Crippen molar-refractivity contribution in [3.05, 3.63) is 60.2 Å². The summed E-state index contributed by atoms with van der Waals surface area (Å²) >= 11 is 0. The third-order valence-electron chi connectivity index (χ3n) is 4.84. The third kappa shape index (κ3) is 3.43. The summed E-state index contributed by atoms with van der Waals surface area (Å²) in [5.41, 5.74) is 1.87. The van der Waals surface area contributed by atoms with Crippen molar-refractivity contribution in [3.63, 3.8) is 0 Å². The fourth-order valence-electron chi connectivity index (χ4n) is 3.05. The van der Waals surface area contributed by atoms with Crippen LogP contribution in [0.15, 0.2) is 54.6 Å². The molecule has 0 aliphatic heterocycles. The molecule has 4 heteroatoms. The Balaban J connectivity index is 1.75. The van der Waals surface area contributed by atoms with Crippen LogP contribution in [0.4, 0.5) is 11.4 Å². The first kappa shape index (κ1) is 17.2. The molecule has 2 aromatic rings. The van der Waals surface area contributed by atoms with E-state index < -0.39 is 5.41 Å². The third-order valence-corrected chi connectivity index (χ3v) is 4.84. The van der Waals surface area contributed by atoms with Gasteiger partial charge in [0.15, 0.2) is 0 Å². The molecule has 3 rings (SSSR count). The highest BCUT2D eigenvalue weighted by molar-refractivity contribution is 6.17. The highest BCUT2D eigenvalue weighted by Gasteiger charge is 2.58. The van der Waals surface area contributed by atoms with E-state index in [4.69, 9.17) is 0 Å². The van der Waals surface area contributed by atoms with Crippen LogP contribution in [-0.4, -0.2) is 18.4 Å². The average Bonchev–Trinajstić information content (AvgIpc) is 3.46. The van der Waals surface area contributed by atoms with E-state index in [9.17, 15) is 9.59 Å². The van der Waals surface area contributed by atoms with E-state index in [0.29, 0.717) is 19.4 Å². The first-order chi connectivity index (χ1) is 12.1. The Hall–Kier alpha value is -2.62. The fourth-order valence-corrected chi connectivity index (χ4v) is 3.05. The van der Waals surface area contributed by atoms with Gasteiger partial charge in [-0.1, -0.05) is 37.3 Å². The van der Waals surface area contributed by atoms with Crippen molar-refractivity contribution in [2.24, 2.45) is 5.41 Å². The number of carbonyl (C=O) groups is 2. The Morgan fingerprint density at radius 3 is 2.16 bits per heavy atom. The highest BCUT2D eigenvalue weighted by atomic mass is 16.2. The van der Waals surface area contributed by atoms with E-state index in [-0.39, 0.29) is 11.8 Å². The number of para-hydroxylation sites is 1. The molecule has 130 valence electrons. The molecule has 0 spiro atoms. The molecular formula is C21H24N2O2. The lowest BCUT2D eigenvalue weighted by molar-refractivity contribution is -0.132. The normalized spacial score (nSPS) is 14.6. The van der Waals surface area contributed by atoms with Crippen molar-refractivity contribution in [1.29, 1.82) is 0 Å². The van der Waals surface area contributed by atoms with E-state index >= 15 is 0 Å². The summed E-state index contributed by atoms with van der Waals surface area (Å²) in [6, 6.07) is 17.3. The number of benzene rings is 2. The van der Waals surface area contributed by atoms with Gasteiger partial charge in [-0.15, -0.1) is 0 Å². The number of hydrogen-bond acceptors (Lipinski definition) is 2. The summed E-state index contributed by atoms with van der Waals surface area (Å²) in [5, 5.41) is 2.92.